The minimum absolute atomic E-state index is 0.0491. The Bertz CT molecular complexity index is 1210. The second kappa shape index (κ2) is 8.97. The van der Waals surface area contributed by atoms with Gasteiger partial charge in [0, 0.05) is 36.6 Å². The van der Waals surface area contributed by atoms with Gasteiger partial charge in [0.25, 0.3) is 21.8 Å². The highest BCUT2D eigenvalue weighted by atomic mass is 32.2. The van der Waals surface area contributed by atoms with Crippen LogP contribution in [0.2, 0.25) is 0 Å². The van der Waals surface area contributed by atoms with Crippen LogP contribution in [0.25, 0.3) is 0 Å². The molecule has 7 nitrogen and oxygen atoms in total. The summed E-state index contributed by atoms with van der Waals surface area (Å²) in [6.07, 6.45) is 0. The third kappa shape index (κ3) is 5.46. The minimum Gasteiger partial charge on any atom is -0.345 e. The van der Waals surface area contributed by atoms with E-state index < -0.39 is 21.7 Å². The van der Waals surface area contributed by atoms with Gasteiger partial charge in [0.1, 0.15) is 5.82 Å². The number of nitrogens with zero attached hydrogens (tertiary/aromatic N) is 1. The molecule has 0 atom stereocenters. The van der Waals surface area contributed by atoms with E-state index in [0.29, 0.717) is 11.3 Å². The van der Waals surface area contributed by atoms with Crippen molar-refractivity contribution in [1.29, 1.82) is 0 Å². The van der Waals surface area contributed by atoms with Crippen LogP contribution in [-0.2, 0) is 10.0 Å². The van der Waals surface area contributed by atoms with E-state index in [1.54, 1.807) is 38.4 Å². The number of hydrogen-bond acceptors (Lipinski definition) is 4. The van der Waals surface area contributed by atoms with E-state index in [4.69, 9.17) is 0 Å². The summed E-state index contributed by atoms with van der Waals surface area (Å²) in [4.78, 5) is 26.0. The van der Waals surface area contributed by atoms with E-state index in [1.165, 1.54) is 41.3 Å². The topological polar surface area (TPSA) is 95.6 Å². The van der Waals surface area contributed by atoms with Crippen molar-refractivity contribution < 1.29 is 22.4 Å². The Balaban J connectivity index is 1.72. The van der Waals surface area contributed by atoms with Crippen LogP contribution in [0.15, 0.2) is 77.7 Å². The number of hydrogen-bond donors (Lipinski definition) is 2. The Kier molecular flexibility index (Phi) is 6.36. The summed E-state index contributed by atoms with van der Waals surface area (Å²) in [6.45, 7) is 0. The normalized spacial score (nSPS) is 10.9. The molecule has 0 bridgehead atoms. The van der Waals surface area contributed by atoms with Gasteiger partial charge >= 0.3 is 0 Å². The zero-order chi connectivity index (χ0) is 22.6. The fourth-order valence-electron chi connectivity index (χ4n) is 2.71. The van der Waals surface area contributed by atoms with Gasteiger partial charge in [-0.25, -0.2) is 12.8 Å². The van der Waals surface area contributed by atoms with Crippen molar-refractivity contribution in [3.05, 3.63) is 89.7 Å². The lowest BCUT2D eigenvalue weighted by molar-refractivity contribution is 0.0827. The zero-order valence-electron chi connectivity index (χ0n) is 16.8. The van der Waals surface area contributed by atoms with Crippen LogP contribution in [0.3, 0.4) is 0 Å². The molecular weight excluding hydrogens is 421 g/mol. The van der Waals surface area contributed by atoms with Crippen LogP contribution in [0.4, 0.5) is 15.8 Å². The molecule has 0 aliphatic carbocycles. The predicted octanol–water partition coefficient (Wildman–Crippen LogP) is 3.58. The van der Waals surface area contributed by atoms with Crippen molar-refractivity contribution in [2.75, 3.05) is 24.1 Å². The van der Waals surface area contributed by atoms with E-state index in [-0.39, 0.29) is 22.1 Å². The van der Waals surface area contributed by atoms with E-state index in [1.807, 2.05) is 0 Å². The van der Waals surface area contributed by atoms with Gasteiger partial charge in [-0.2, -0.15) is 0 Å². The number of carbonyl (C=O) groups is 2. The third-order valence-electron chi connectivity index (χ3n) is 4.30. The number of benzene rings is 3. The Morgan fingerprint density at radius 3 is 2.10 bits per heavy atom. The Hall–Kier alpha value is -3.72. The first-order valence-corrected chi connectivity index (χ1v) is 10.7. The number of anilines is 2. The smallest absolute Gasteiger partial charge is 0.261 e. The maximum absolute atomic E-state index is 13.0. The van der Waals surface area contributed by atoms with Gasteiger partial charge in [0.05, 0.1) is 4.90 Å². The molecule has 2 amide bonds. The molecule has 3 rings (SSSR count). The standard InChI is InChI=1S/C22H20FN3O4S/c1-26(2)22(28)16-4-3-5-19(14-16)24-21(27)15-6-12-20(13-7-15)31(29,30)25-18-10-8-17(23)9-11-18/h3-14,25H,1-2H3,(H,24,27). The van der Waals surface area contributed by atoms with E-state index in [0.717, 1.165) is 12.1 Å². The van der Waals surface area contributed by atoms with Gasteiger partial charge in [0.2, 0.25) is 0 Å². The molecule has 2 N–H and O–H groups in total. The predicted molar refractivity (Wildman–Crippen MR) is 116 cm³/mol. The van der Waals surface area contributed by atoms with Gasteiger partial charge in [-0.1, -0.05) is 6.07 Å². The highest BCUT2D eigenvalue weighted by molar-refractivity contribution is 7.92. The number of halogens is 1. The maximum atomic E-state index is 13.0. The van der Waals surface area contributed by atoms with Crippen molar-refractivity contribution in [1.82, 2.24) is 4.90 Å². The fraction of sp³-hybridized carbons (Fsp3) is 0.0909. The number of nitrogens with one attached hydrogen (secondary N) is 2. The van der Waals surface area contributed by atoms with Crippen LogP contribution < -0.4 is 10.0 Å². The molecule has 0 radical (unpaired) electrons. The molecule has 31 heavy (non-hydrogen) atoms. The monoisotopic (exact) mass is 441 g/mol. The zero-order valence-corrected chi connectivity index (χ0v) is 17.6. The van der Waals surface area contributed by atoms with E-state index in [9.17, 15) is 22.4 Å². The summed E-state index contributed by atoms with van der Waals surface area (Å²) >= 11 is 0. The second-order valence-corrected chi connectivity index (χ2v) is 8.55. The highest BCUT2D eigenvalue weighted by Gasteiger charge is 2.16. The lowest BCUT2D eigenvalue weighted by Crippen LogP contribution is -2.22. The largest absolute Gasteiger partial charge is 0.345 e. The summed E-state index contributed by atoms with van der Waals surface area (Å²) < 4.78 is 40.3. The summed E-state index contributed by atoms with van der Waals surface area (Å²) in [5.74, 6) is -1.13. The molecular formula is C22H20FN3O4S. The van der Waals surface area contributed by atoms with Crippen LogP contribution in [0.5, 0.6) is 0 Å². The Labute approximate surface area is 179 Å². The molecule has 0 spiro atoms. The highest BCUT2D eigenvalue weighted by Crippen LogP contribution is 2.18. The quantitative estimate of drug-likeness (QED) is 0.611. The fourth-order valence-corrected chi connectivity index (χ4v) is 3.77. The lowest BCUT2D eigenvalue weighted by Gasteiger charge is -2.12. The number of amides is 2. The summed E-state index contributed by atoms with van der Waals surface area (Å²) in [6, 6.07) is 16.8. The lowest BCUT2D eigenvalue weighted by atomic mass is 10.1. The number of rotatable bonds is 6. The molecule has 0 aromatic heterocycles. The number of sulfonamides is 1. The first kappa shape index (κ1) is 22.0. The molecule has 9 heteroatoms. The van der Waals surface area contributed by atoms with Gasteiger partial charge in [-0.05, 0) is 66.7 Å². The van der Waals surface area contributed by atoms with Crippen molar-refractivity contribution in [2.45, 2.75) is 4.90 Å². The summed E-state index contributed by atoms with van der Waals surface area (Å²) in [5.41, 5.74) is 1.32. The minimum atomic E-state index is -3.90. The Morgan fingerprint density at radius 2 is 1.48 bits per heavy atom. The van der Waals surface area contributed by atoms with Crippen molar-refractivity contribution >= 4 is 33.2 Å². The van der Waals surface area contributed by atoms with Crippen LogP contribution in [0, 0.1) is 5.82 Å². The first-order valence-electron chi connectivity index (χ1n) is 9.17. The van der Waals surface area contributed by atoms with Gasteiger partial charge in [0.15, 0.2) is 0 Å². The van der Waals surface area contributed by atoms with E-state index >= 15 is 0 Å². The summed E-state index contributed by atoms with van der Waals surface area (Å²) in [7, 11) is -0.631. The van der Waals surface area contributed by atoms with Crippen LogP contribution in [-0.4, -0.2) is 39.2 Å². The molecule has 0 aliphatic heterocycles. The molecule has 0 heterocycles. The van der Waals surface area contributed by atoms with Crippen molar-refractivity contribution in [3.8, 4) is 0 Å². The first-order chi connectivity index (χ1) is 14.7. The SMILES string of the molecule is CN(C)C(=O)c1cccc(NC(=O)c2ccc(S(=O)(=O)Nc3ccc(F)cc3)cc2)c1. The van der Waals surface area contributed by atoms with Crippen LogP contribution in [0.1, 0.15) is 20.7 Å². The van der Waals surface area contributed by atoms with Crippen LogP contribution >= 0.6 is 0 Å². The molecule has 0 saturated carbocycles. The van der Waals surface area contributed by atoms with Crippen molar-refractivity contribution in [2.24, 2.45) is 0 Å². The molecule has 0 fully saturated rings. The second-order valence-electron chi connectivity index (χ2n) is 6.87. The molecule has 3 aromatic carbocycles. The molecule has 0 saturated heterocycles. The van der Waals surface area contributed by atoms with E-state index in [2.05, 4.69) is 10.0 Å². The van der Waals surface area contributed by atoms with Gasteiger partial charge in [-0.15, -0.1) is 0 Å². The molecule has 160 valence electrons. The molecule has 0 unspecified atom stereocenters. The summed E-state index contributed by atoms with van der Waals surface area (Å²) in [5, 5.41) is 2.69. The average molecular weight is 441 g/mol. The van der Waals surface area contributed by atoms with Gasteiger partial charge in [-0.3, -0.25) is 14.3 Å². The Morgan fingerprint density at radius 1 is 0.839 bits per heavy atom. The molecule has 0 aliphatic rings. The van der Waals surface area contributed by atoms with Crippen molar-refractivity contribution in [3.63, 3.8) is 0 Å². The molecule has 3 aromatic rings. The number of carbonyl (C=O) groups excluding carboxylic acids is 2. The average Bonchev–Trinajstić information content (AvgIpc) is 2.75. The maximum Gasteiger partial charge on any atom is 0.261 e. The third-order valence-corrected chi connectivity index (χ3v) is 5.69. The van der Waals surface area contributed by atoms with Gasteiger partial charge < -0.3 is 10.2 Å².